The number of hydrogen-bond acceptors (Lipinski definition) is 4. The molecule has 0 radical (unpaired) electrons. The van der Waals surface area contributed by atoms with E-state index in [4.69, 9.17) is 16.3 Å². The number of aryl methyl sites for hydroxylation is 1. The molecule has 1 aromatic carbocycles. The van der Waals surface area contributed by atoms with Gasteiger partial charge in [0.1, 0.15) is 17.5 Å². The fourth-order valence-corrected chi connectivity index (χ4v) is 2.78. The van der Waals surface area contributed by atoms with Gasteiger partial charge in [-0.1, -0.05) is 17.7 Å². The van der Waals surface area contributed by atoms with Crippen LogP contribution in [0.5, 0.6) is 0 Å². The van der Waals surface area contributed by atoms with Crippen molar-refractivity contribution in [2.24, 2.45) is 0 Å². The molecule has 0 aliphatic heterocycles. The molecule has 134 valence electrons. The van der Waals surface area contributed by atoms with Crippen molar-refractivity contribution in [1.82, 2.24) is 4.98 Å². The third-order valence-electron chi connectivity index (χ3n) is 3.80. The molecule has 5 nitrogen and oxygen atoms in total. The maximum absolute atomic E-state index is 13.9. The number of aromatic amines is 1. The average Bonchev–Trinajstić information content (AvgIpc) is 2.89. The lowest BCUT2D eigenvalue weighted by Gasteiger charge is -2.03. The Hall–Kier alpha value is -2.91. The third kappa shape index (κ3) is 3.68. The number of nitrogens with zero attached hydrogens (tertiary/aromatic N) is 1. The summed E-state index contributed by atoms with van der Waals surface area (Å²) in [6.45, 7) is 5.07. The van der Waals surface area contributed by atoms with E-state index in [0.717, 1.165) is 6.08 Å². The van der Waals surface area contributed by atoms with E-state index in [-0.39, 0.29) is 34.0 Å². The second kappa shape index (κ2) is 7.98. The molecule has 0 atom stereocenters. The summed E-state index contributed by atoms with van der Waals surface area (Å²) in [6.07, 6.45) is 1.10. The van der Waals surface area contributed by atoms with E-state index in [2.05, 4.69) is 4.98 Å². The molecule has 7 heteroatoms. The second-order valence-electron chi connectivity index (χ2n) is 5.48. The number of Topliss-reactive ketones (excluding diaryl/α,β-unsaturated/α-hetero) is 1. The monoisotopic (exact) mass is 374 g/mol. The number of rotatable bonds is 5. The van der Waals surface area contributed by atoms with Crippen molar-refractivity contribution in [3.05, 3.63) is 62.7 Å². The van der Waals surface area contributed by atoms with Crippen molar-refractivity contribution in [1.29, 1.82) is 5.26 Å². The molecule has 2 rings (SSSR count). The van der Waals surface area contributed by atoms with Crippen LogP contribution in [0, 0.1) is 31.0 Å². The summed E-state index contributed by atoms with van der Waals surface area (Å²) >= 11 is 5.94. The lowest BCUT2D eigenvalue weighted by atomic mass is 10.0. The molecule has 1 heterocycles. The normalized spacial score (nSPS) is 11.2. The van der Waals surface area contributed by atoms with Crippen molar-refractivity contribution < 1.29 is 18.7 Å². The van der Waals surface area contributed by atoms with Crippen LogP contribution in [0.2, 0.25) is 5.02 Å². The van der Waals surface area contributed by atoms with E-state index in [0.29, 0.717) is 11.3 Å². The van der Waals surface area contributed by atoms with Gasteiger partial charge in [0.2, 0.25) is 5.78 Å². The molecule has 0 saturated carbocycles. The van der Waals surface area contributed by atoms with Crippen molar-refractivity contribution in [2.45, 2.75) is 20.8 Å². The average molecular weight is 375 g/mol. The minimum Gasteiger partial charge on any atom is -0.462 e. The molecule has 0 bridgehead atoms. The Morgan fingerprint density at radius 3 is 2.65 bits per heavy atom. The van der Waals surface area contributed by atoms with Crippen molar-refractivity contribution in [2.75, 3.05) is 6.61 Å². The van der Waals surface area contributed by atoms with Crippen molar-refractivity contribution in [3.8, 4) is 6.07 Å². The molecule has 0 spiro atoms. The minimum absolute atomic E-state index is 0.0504. The highest BCUT2D eigenvalue weighted by Crippen LogP contribution is 2.25. The number of aromatic nitrogens is 1. The SMILES string of the molecule is CCOC(=O)c1c(C)[nH]c(C(=O)/C(C#N)=C/c2c(F)cccc2Cl)c1C. The number of ketones is 1. The fraction of sp³-hybridized carbons (Fsp3) is 0.211. The van der Waals surface area contributed by atoms with Crippen molar-refractivity contribution >= 4 is 29.4 Å². The van der Waals surface area contributed by atoms with Gasteiger partial charge in [-0.2, -0.15) is 5.26 Å². The van der Waals surface area contributed by atoms with E-state index in [1.165, 1.54) is 18.2 Å². The van der Waals surface area contributed by atoms with Crippen LogP contribution in [0.3, 0.4) is 0 Å². The summed E-state index contributed by atoms with van der Waals surface area (Å²) < 4.78 is 18.9. The summed E-state index contributed by atoms with van der Waals surface area (Å²) in [4.78, 5) is 27.6. The zero-order chi connectivity index (χ0) is 19.4. The first-order chi connectivity index (χ1) is 12.3. The molecule has 0 amide bonds. The van der Waals surface area contributed by atoms with Crippen LogP contribution in [0.15, 0.2) is 23.8 Å². The number of carbonyl (C=O) groups is 2. The van der Waals surface area contributed by atoms with Crippen LogP contribution in [0.1, 0.15) is 44.6 Å². The van der Waals surface area contributed by atoms with Crippen LogP contribution in [0.25, 0.3) is 6.08 Å². The molecular weight excluding hydrogens is 359 g/mol. The first-order valence-corrected chi connectivity index (χ1v) is 8.16. The smallest absolute Gasteiger partial charge is 0.340 e. The van der Waals surface area contributed by atoms with Gasteiger partial charge in [0.25, 0.3) is 0 Å². The molecule has 0 fully saturated rings. The Labute approximate surface area is 155 Å². The highest BCUT2D eigenvalue weighted by molar-refractivity contribution is 6.32. The van der Waals surface area contributed by atoms with Crippen molar-refractivity contribution in [3.63, 3.8) is 0 Å². The lowest BCUT2D eigenvalue weighted by molar-refractivity contribution is 0.0525. The number of benzene rings is 1. The summed E-state index contributed by atoms with van der Waals surface area (Å²) in [6, 6.07) is 5.83. The molecule has 2 aromatic rings. The largest absolute Gasteiger partial charge is 0.462 e. The van der Waals surface area contributed by atoms with E-state index in [1.807, 2.05) is 0 Å². The van der Waals surface area contributed by atoms with Crippen LogP contribution >= 0.6 is 11.6 Å². The number of ether oxygens (including phenoxy) is 1. The highest BCUT2D eigenvalue weighted by Gasteiger charge is 2.25. The van der Waals surface area contributed by atoms with Gasteiger partial charge in [0.05, 0.1) is 22.9 Å². The number of hydrogen-bond donors (Lipinski definition) is 1. The first kappa shape index (κ1) is 19.4. The predicted octanol–water partition coefficient (Wildman–Crippen LogP) is 4.39. The standard InChI is InChI=1S/C19H16ClFN2O3/c1-4-26-19(25)16-10(2)17(23-11(16)3)18(24)12(9-22)8-13-14(20)6-5-7-15(13)21/h5-8,23H,4H2,1-3H3/b12-8+. The number of halogens is 2. The number of nitriles is 1. The number of H-pyrrole nitrogens is 1. The Morgan fingerprint density at radius 1 is 1.38 bits per heavy atom. The summed E-state index contributed by atoms with van der Waals surface area (Å²) in [5.74, 6) is -1.87. The Morgan fingerprint density at radius 2 is 2.08 bits per heavy atom. The van der Waals surface area contributed by atoms with Gasteiger partial charge in [0.15, 0.2) is 0 Å². The molecule has 1 N–H and O–H groups in total. The Balaban J connectivity index is 2.51. The highest BCUT2D eigenvalue weighted by atomic mass is 35.5. The van der Waals surface area contributed by atoms with Crippen LogP contribution in [-0.2, 0) is 4.74 Å². The van der Waals surface area contributed by atoms with E-state index in [1.54, 1.807) is 26.8 Å². The molecular formula is C19H16ClFN2O3. The summed E-state index contributed by atoms with van der Waals surface area (Å²) in [7, 11) is 0. The molecule has 0 aliphatic carbocycles. The van der Waals surface area contributed by atoms with E-state index in [9.17, 15) is 19.2 Å². The maximum atomic E-state index is 13.9. The predicted molar refractivity (Wildman–Crippen MR) is 95.6 cm³/mol. The quantitative estimate of drug-likeness (QED) is 0.364. The van der Waals surface area contributed by atoms with Gasteiger partial charge in [-0.25, -0.2) is 9.18 Å². The third-order valence-corrected chi connectivity index (χ3v) is 4.13. The molecule has 1 aromatic heterocycles. The molecule has 26 heavy (non-hydrogen) atoms. The Kier molecular flexibility index (Phi) is 5.96. The van der Waals surface area contributed by atoms with E-state index >= 15 is 0 Å². The number of allylic oxidation sites excluding steroid dienone is 1. The number of nitrogens with one attached hydrogen (secondary N) is 1. The lowest BCUT2D eigenvalue weighted by Crippen LogP contribution is -2.08. The van der Waals surface area contributed by atoms with Gasteiger partial charge in [-0.15, -0.1) is 0 Å². The second-order valence-corrected chi connectivity index (χ2v) is 5.89. The number of carbonyl (C=O) groups excluding carboxylic acids is 2. The van der Waals surface area contributed by atoms with Gasteiger partial charge in [-0.05, 0) is 44.5 Å². The van der Waals surface area contributed by atoms with Gasteiger partial charge in [0, 0.05) is 11.3 Å². The van der Waals surface area contributed by atoms with Gasteiger partial charge < -0.3 is 9.72 Å². The first-order valence-electron chi connectivity index (χ1n) is 7.78. The molecule has 0 unspecified atom stereocenters. The zero-order valence-corrected chi connectivity index (χ0v) is 15.2. The van der Waals surface area contributed by atoms with Crippen LogP contribution in [-0.4, -0.2) is 23.3 Å². The Bertz CT molecular complexity index is 934. The van der Waals surface area contributed by atoms with Crippen LogP contribution < -0.4 is 0 Å². The van der Waals surface area contributed by atoms with Crippen LogP contribution in [0.4, 0.5) is 4.39 Å². The van der Waals surface area contributed by atoms with Gasteiger partial charge in [-0.3, -0.25) is 4.79 Å². The fourth-order valence-electron chi connectivity index (χ4n) is 2.56. The van der Waals surface area contributed by atoms with Gasteiger partial charge >= 0.3 is 5.97 Å². The summed E-state index contributed by atoms with van der Waals surface area (Å²) in [5.41, 5.74) is 0.779. The summed E-state index contributed by atoms with van der Waals surface area (Å²) in [5, 5.41) is 9.43. The van der Waals surface area contributed by atoms with E-state index < -0.39 is 17.6 Å². The number of esters is 1. The molecule has 0 aliphatic rings. The topological polar surface area (TPSA) is 83.0 Å². The maximum Gasteiger partial charge on any atom is 0.340 e. The minimum atomic E-state index is -0.664. The zero-order valence-electron chi connectivity index (χ0n) is 14.4. The molecule has 0 saturated heterocycles.